The Morgan fingerprint density at radius 1 is 0.714 bits per heavy atom. The predicted molar refractivity (Wildman–Crippen MR) is 88.4 cm³/mol. The van der Waals surface area contributed by atoms with E-state index >= 15 is 0 Å². The summed E-state index contributed by atoms with van der Waals surface area (Å²) in [5.41, 5.74) is 7.33. The zero-order valence-corrected chi connectivity index (χ0v) is 12.8. The standard InChI is InChI=1S/C18H23N3/c1-3-5-13-9-17(19-11-13)15-7-8-16(21-15)18-10-14(6-4-2)12-20-18/h7-12,19-21H,3-6H2,1-2H3. The normalized spacial score (nSPS) is 11.1. The lowest BCUT2D eigenvalue weighted by Crippen LogP contribution is -1.79. The van der Waals surface area contributed by atoms with Gasteiger partial charge in [-0.1, -0.05) is 26.7 Å². The molecule has 0 atom stereocenters. The first-order valence-electron chi connectivity index (χ1n) is 7.84. The van der Waals surface area contributed by atoms with Crippen molar-refractivity contribution in [2.75, 3.05) is 0 Å². The lowest BCUT2D eigenvalue weighted by atomic mass is 10.2. The van der Waals surface area contributed by atoms with Crippen molar-refractivity contribution in [3.63, 3.8) is 0 Å². The average Bonchev–Trinajstić information content (AvgIpc) is 3.18. The van der Waals surface area contributed by atoms with Crippen molar-refractivity contribution in [1.82, 2.24) is 15.0 Å². The maximum Gasteiger partial charge on any atom is 0.0624 e. The fourth-order valence-electron chi connectivity index (χ4n) is 2.76. The highest BCUT2D eigenvalue weighted by atomic mass is 14.8. The molecular formula is C18H23N3. The number of hydrogen-bond donors (Lipinski definition) is 3. The van der Waals surface area contributed by atoms with Crippen LogP contribution >= 0.6 is 0 Å². The number of rotatable bonds is 6. The fraction of sp³-hybridized carbons (Fsp3) is 0.333. The summed E-state index contributed by atoms with van der Waals surface area (Å²) in [5, 5.41) is 0. The van der Waals surface area contributed by atoms with Crippen molar-refractivity contribution in [3.05, 3.63) is 47.8 Å². The Balaban J connectivity index is 1.81. The van der Waals surface area contributed by atoms with Crippen LogP contribution in [0.15, 0.2) is 36.7 Å². The summed E-state index contributed by atoms with van der Waals surface area (Å²) in [4.78, 5) is 10.2. The zero-order valence-electron chi connectivity index (χ0n) is 12.8. The van der Waals surface area contributed by atoms with E-state index in [1.165, 1.54) is 24.0 Å². The first-order chi connectivity index (χ1) is 10.3. The SMILES string of the molecule is CCCc1c[nH]c(-c2ccc(-c3cc(CCC)c[nH]3)[nH]2)c1. The number of aryl methyl sites for hydroxylation is 2. The predicted octanol–water partition coefficient (Wildman–Crippen LogP) is 4.91. The molecule has 0 bridgehead atoms. The number of nitrogens with one attached hydrogen (secondary N) is 3. The van der Waals surface area contributed by atoms with Gasteiger partial charge < -0.3 is 15.0 Å². The summed E-state index contributed by atoms with van der Waals surface area (Å²) in [6, 6.07) is 8.74. The highest BCUT2D eigenvalue weighted by molar-refractivity contribution is 5.65. The summed E-state index contributed by atoms with van der Waals surface area (Å²) in [6.07, 6.45) is 8.81. The minimum Gasteiger partial charge on any atom is -0.360 e. The van der Waals surface area contributed by atoms with Crippen LogP contribution in [-0.4, -0.2) is 15.0 Å². The van der Waals surface area contributed by atoms with Crippen LogP contribution in [0.4, 0.5) is 0 Å². The molecule has 0 aromatic carbocycles. The van der Waals surface area contributed by atoms with Gasteiger partial charge in [-0.2, -0.15) is 0 Å². The number of hydrogen-bond acceptors (Lipinski definition) is 0. The van der Waals surface area contributed by atoms with Crippen molar-refractivity contribution in [2.45, 2.75) is 39.5 Å². The smallest absolute Gasteiger partial charge is 0.0624 e. The molecule has 0 saturated carbocycles. The van der Waals surface area contributed by atoms with Crippen LogP contribution in [0.5, 0.6) is 0 Å². The Labute approximate surface area is 125 Å². The molecule has 3 N–H and O–H groups in total. The largest absolute Gasteiger partial charge is 0.360 e. The first-order valence-corrected chi connectivity index (χ1v) is 7.84. The van der Waals surface area contributed by atoms with Gasteiger partial charge in [0.15, 0.2) is 0 Å². The van der Waals surface area contributed by atoms with Crippen molar-refractivity contribution in [2.24, 2.45) is 0 Å². The van der Waals surface area contributed by atoms with E-state index in [0.717, 1.165) is 35.6 Å². The summed E-state index contributed by atoms with van der Waals surface area (Å²) in [5.74, 6) is 0. The van der Waals surface area contributed by atoms with Crippen molar-refractivity contribution < 1.29 is 0 Å². The van der Waals surface area contributed by atoms with Crippen LogP contribution in [0.25, 0.3) is 22.8 Å². The van der Waals surface area contributed by atoms with E-state index < -0.39 is 0 Å². The third-order valence-corrected chi connectivity index (χ3v) is 3.83. The molecule has 3 heterocycles. The molecule has 0 aliphatic carbocycles. The lowest BCUT2D eigenvalue weighted by molar-refractivity contribution is 0.923. The lowest BCUT2D eigenvalue weighted by Gasteiger charge is -1.95. The first kappa shape index (κ1) is 13.8. The summed E-state index contributed by atoms with van der Waals surface area (Å²) in [7, 11) is 0. The van der Waals surface area contributed by atoms with Gasteiger partial charge >= 0.3 is 0 Å². The molecule has 0 unspecified atom stereocenters. The molecule has 3 heteroatoms. The second-order valence-corrected chi connectivity index (χ2v) is 5.63. The molecule has 3 rings (SSSR count). The molecule has 0 aliphatic heterocycles. The number of aromatic nitrogens is 3. The van der Waals surface area contributed by atoms with E-state index in [-0.39, 0.29) is 0 Å². The molecule has 21 heavy (non-hydrogen) atoms. The van der Waals surface area contributed by atoms with Crippen LogP contribution in [0, 0.1) is 0 Å². The Hall–Kier alpha value is -2.16. The van der Waals surface area contributed by atoms with Crippen molar-refractivity contribution >= 4 is 0 Å². The van der Waals surface area contributed by atoms with E-state index in [1.807, 2.05) is 0 Å². The molecule has 0 spiro atoms. The third-order valence-electron chi connectivity index (χ3n) is 3.83. The summed E-state index contributed by atoms with van der Waals surface area (Å²) < 4.78 is 0. The van der Waals surface area contributed by atoms with Gasteiger partial charge in [-0.25, -0.2) is 0 Å². The highest BCUT2D eigenvalue weighted by Crippen LogP contribution is 2.24. The van der Waals surface area contributed by atoms with Gasteiger partial charge in [-0.3, -0.25) is 0 Å². The van der Waals surface area contributed by atoms with E-state index in [2.05, 4.69) is 65.5 Å². The monoisotopic (exact) mass is 281 g/mol. The minimum absolute atomic E-state index is 1.13. The minimum atomic E-state index is 1.13. The van der Waals surface area contributed by atoms with E-state index in [9.17, 15) is 0 Å². The van der Waals surface area contributed by atoms with Gasteiger partial charge in [0, 0.05) is 12.4 Å². The van der Waals surface area contributed by atoms with Gasteiger partial charge in [0.1, 0.15) is 0 Å². The highest BCUT2D eigenvalue weighted by Gasteiger charge is 2.07. The summed E-state index contributed by atoms with van der Waals surface area (Å²) >= 11 is 0. The molecular weight excluding hydrogens is 258 g/mol. The Morgan fingerprint density at radius 3 is 1.62 bits per heavy atom. The average molecular weight is 281 g/mol. The maximum atomic E-state index is 3.49. The van der Waals surface area contributed by atoms with Crippen molar-refractivity contribution in [3.8, 4) is 22.8 Å². The molecule has 0 saturated heterocycles. The van der Waals surface area contributed by atoms with Crippen LogP contribution in [0.1, 0.15) is 37.8 Å². The van der Waals surface area contributed by atoms with Crippen LogP contribution in [0.3, 0.4) is 0 Å². The molecule has 110 valence electrons. The molecule has 3 aromatic heterocycles. The number of H-pyrrole nitrogens is 3. The second-order valence-electron chi connectivity index (χ2n) is 5.63. The van der Waals surface area contributed by atoms with Crippen LogP contribution in [-0.2, 0) is 12.8 Å². The molecule has 3 aromatic rings. The van der Waals surface area contributed by atoms with E-state index in [0.29, 0.717) is 0 Å². The molecule has 0 amide bonds. The number of aromatic amines is 3. The molecule has 0 radical (unpaired) electrons. The zero-order chi connectivity index (χ0) is 14.7. The topological polar surface area (TPSA) is 47.4 Å². The molecule has 0 aliphatic rings. The van der Waals surface area contributed by atoms with Gasteiger partial charge in [-0.15, -0.1) is 0 Å². The second kappa shape index (κ2) is 6.08. The quantitative estimate of drug-likeness (QED) is 0.575. The maximum absolute atomic E-state index is 3.49. The Morgan fingerprint density at radius 2 is 1.19 bits per heavy atom. The van der Waals surface area contributed by atoms with Crippen molar-refractivity contribution in [1.29, 1.82) is 0 Å². The molecule has 0 fully saturated rings. The van der Waals surface area contributed by atoms with Gasteiger partial charge in [0.2, 0.25) is 0 Å². The van der Waals surface area contributed by atoms with E-state index in [1.54, 1.807) is 0 Å². The van der Waals surface area contributed by atoms with E-state index in [4.69, 9.17) is 0 Å². The fourth-order valence-corrected chi connectivity index (χ4v) is 2.76. The van der Waals surface area contributed by atoms with Gasteiger partial charge in [0.05, 0.1) is 22.8 Å². The van der Waals surface area contributed by atoms with Gasteiger partial charge in [-0.05, 0) is 48.2 Å². The Kier molecular flexibility index (Phi) is 4.00. The third kappa shape index (κ3) is 2.97. The van der Waals surface area contributed by atoms with Gasteiger partial charge in [0.25, 0.3) is 0 Å². The summed E-state index contributed by atoms with van der Waals surface area (Å²) in [6.45, 7) is 4.41. The van der Waals surface area contributed by atoms with Crippen LogP contribution in [0.2, 0.25) is 0 Å². The Bertz CT molecular complexity index is 641. The van der Waals surface area contributed by atoms with Crippen LogP contribution < -0.4 is 0 Å². The molecule has 3 nitrogen and oxygen atoms in total.